The molecule has 3 aromatic heterocycles. The number of aliphatic hydroxyl groups excluding tert-OH is 1. The van der Waals surface area contributed by atoms with Crippen LogP contribution in [-0.2, 0) is 13.6 Å². The molecule has 1 saturated carbocycles. The van der Waals surface area contributed by atoms with Crippen molar-refractivity contribution < 1.29 is 9.90 Å². The molecule has 3 heterocycles. The van der Waals surface area contributed by atoms with Crippen LogP contribution in [0.15, 0.2) is 61.3 Å². The number of aliphatic hydroxyl groups is 1. The fraction of sp³-hybridized carbons (Fsp3) is 0.320. The first-order valence-corrected chi connectivity index (χ1v) is 11.1. The Bertz CT molecular complexity index is 1240. The molecule has 1 aliphatic carbocycles. The average Bonchev–Trinajstić information content (AvgIpc) is 3.40. The van der Waals surface area contributed by atoms with Gasteiger partial charge in [-0.15, -0.1) is 0 Å². The van der Waals surface area contributed by atoms with Crippen molar-refractivity contribution in [1.29, 1.82) is 0 Å². The Kier molecular flexibility index (Phi) is 5.49. The Labute approximate surface area is 186 Å². The summed E-state index contributed by atoms with van der Waals surface area (Å²) in [5.74, 6) is -0.177. The van der Waals surface area contributed by atoms with Gasteiger partial charge in [-0.1, -0.05) is 37.1 Å². The number of benzene rings is 1. The lowest BCUT2D eigenvalue weighted by Crippen LogP contribution is -2.45. The number of fused-ring (bicyclic) bond motifs is 1. The molecule has 1 fully saturated rings. The standard InChI is InChI=1S/C25H27N5O2/c1-29-15-21(27-16-29)18-10-8-17(9-11-18)13-30-14-19(24-22(30)6-4-12-26-24)25(32)28-20-5-2-3-7-23(20)31/h4,6,8-12,14-16,20,23,31H,2-3,5,7,13H2,1H3,(H,28,32). The van der Waals surface area contributed by atoms with Gasteiger partial charge in [-0.2, -0.15) is 0 Å². The van der Waals surface area contributed by atoms with Crippen molar-refractivity contribution >= 4 is 16.9 Å². The van der Waals surface area contributed by atoms with Crippen LogP contribution in [0.5, 0.6) is 0 Å². The van der Waals surface area contributed by atoms with E-state index in [1.807, 2.05) is 36.1 Å². The van der Waals surface area contributed by atoms with Crippen LogP contribution in [0.2, 0.25) is 0 Å². The summed E-state index contributed by atoms with van der Waals surface area (Å²) in [7, 11) is 1.96. The summed E-state index contributed by atoms with van der Waals surface area (Å²) in [6.07, 6.45) is 10.5. The number of hydrogen-bond acceptors (Lipinski definition) is 4. The first kappa shape index (κ1) is 20.5. The van der Waals surface area contributed by atoms with E-state index in [0.29, 0.717) is 17.6 Å². The Morgan fingerprint density at radius 2 is 1.94 bits per heavy atom. The zero-order valence-corrected chi connectivity index (χ0v) is 18.1. The first-order valence-electron chi connectivity index (χ1n) is 11.1. The quantitative estimate of drug-likeness (QED) is 0.508. The molecule has 1 amide bonds. The minimum absolute atomic E-state index is 0.177. The van der Waals surface area contributed by atoms with Crippen LogP contribution in [0.25, 0.3) is 22.3 Å². The largest absolute Gasteiger partial charge is 0.391 e. The second-order valence-electron chi connectivity index (χ2n) is 8.59. The molecule has 32 heavy (non-hydrogen) atoms. The molecule has 7 nitrogen and oxygen atoms in total. The second-order valence-corrected chi connectivity index (χ2v) is 8.59. The maximum atomic E-state index is 13.1. The number of imidazole rings is 1. The van der Waals surface area contributed by atoms with E-state index in [1.165, 1.54) is 0 Å². The highest BCUT2D eigenvalue weighted by molar-refractivity contribution is 6.05. The van der Waals surface area contributed by atoms with E-state index in [2.05, 4.69) is 44.1 Å². The molecule has 0 saturated heterocycles. The summed E-state index contributed by atoms with van der Waals surface area (Å²) in [5, 5.41) is 13.3. The lowest BCUT2D eigenvalue weighted by atomic mass is 9.92. The van der Waals surface area contributed by atoms with Crippen LogP contribution in [0.1, 0.15) is 41.6 Å². The summed E-state index contributed by atoms with van der Waals surface area (Å²) in [5.41, 5.74) is 5.28. The minimum atomic E-state index is -0.480. The maximum Gasteiger partial charge on any atom is 0.255 e. The highest BCUT2D eigenvalue weighted by Crippen LogP contribution is 2.24. The molecule has 0 spiro atoms. The molecule has 4 aromatic rings. The predicted octanol–water partition coefficient (Wildman–Crippen LogP) is 3.52. The molecule has 0 aliphatic heterocycles. The van der Waals surface area contributed by atoms with Crippen molar-refractivity contribution in [2.45, 2.75) is 44.4 Å². The normalized spacial score (nSPS) is 18.7. The lowest BCUT2D eigenvalue weighted by Gasteiger charge is -2.28. The van der Waals surface area contributed by atoms with Crippen molar-refractivity contribution in [2.75, 3.05) is 0 Å². The number of carbonyl (C=O) groups excluding carboxylic acids is 1. The molecule has 0 bridgehead atoms. The highest BCUT2D eigenvalue weighted by atomic mass is 16.3. The van der Waals surface area contributed by atoms with Gasteiger partial charge in [0, 0.05) is 37.7 Å². The van der Waals surface area contributed by atoms with Gasteiger partial charge in [-0.3, -0.25) is 9.78 Å². The van der Waals surface area contributed by atoms with E-state index >= 15 is 0 Å². The van der Waals surface area contributed by atoms with Crippen molar-refractivity contribution in [3.63, 3.8) is 0 Å². The average molecular weight is 430 g/mol. The van der Waals surface area contributed by atoms with Crippen molar-refractivity contribution in [1.82, 2.24) is 24.4 Å². The van der Waals surface area contributed by atoms with E-state index in [4.69, 9.17) is 0 Å². The van der Waals surface area contributed by atoms with E-state index < -0.39 is 6.10 Å². The number of hydrogen-bond donors (Lipinski definition) is 2. The molecule has 0 radical (unpaired) electrons. The maximum absolute atomic E-state index is 13.1. The molecule has 1 aliphatic rings. The second kappa shape index (κ2) is 8.59. The Hall–Kier alpha value is -3.45. The van der Waals surface area contributed by atoms with Crippen LogP contribution < -0.4 is 5.32 Å². The molecular formula is C25H27N5O2. The van der Waals surface area contributed by atoms with Crippen LogP contribution >= 0.6 is 0 Å². The van der Waals surface area contributed by atoms with E-state index in [-0.39, 0.29) is 11.9 Å². The topological polar surface area (TPSA) is 85.0 Å². The van der Waals surface area contributed by atoms with Gasteiger partial charge < -0.3 is 19.6 Å². The Morgan fingerprint density at radius 3 is 2.69 bits per heavy atom. The number of rotatable bonds is 5. The number of carbonyl (C=O) groups is 1. The SMILES string of the molecule is Cn1cnc(-c2ccc(Cn3cc(C(=O)NC4CCCCC4O)c4ncccc43)cc2)c1. The third-order valence-electron chi connectivity index (χ3n) is 6.23. The molecule has 1 aromatic carbocycles. The predicted molar refractivity (Wildman–Crippen MR) is 123 cm³/mol. The van der Waals surface area contributed by atoms with Gasteiger partial charge in [0.2, 0.25) is 0 Å². The molecule has 5 rings (SSSR count). The molecule has 164 valence electrons. The zero-order chi connectivity index (χ0) is 22.1. The Morgan fingerprint density at radius 1 is 1.12 bits per heavy atom. The summed E-state index contributed by atoms with van der Waals surface area (Å²) in [6, 6.07) is 12.0. The zero-order valence-electron chi connectivity index (χ0n) is 18.1. The van der Waals surface area contributed by atoms with Gasteiger partial charge in [0.05, 0.1) is 35.2 Å². The lowest BCUT2D eigenvalue weighted by molar-refractivity contribution is 0.0718. The first-order chi connectivity index (χ1) is 15.6. The molecular weight excluding hydrogens is 402 g/mol. The minimum Gasteiger partial charge on any atom is -0.391 e. The molecule has 7 heteroatoms. The van der Waals surface area contributed by atoms with Gasteiger partial charge in [-0.25, -0.2) is 4.98 Å². The van der Waals surface area contributed by atoms with E-state index in [1.54, 1.807) is 12.5 Å². The Balaban J connectivity index is 1.39. The number of nitrogens with one attached hydrogen (secondary N) is 1. The number of aromatic nitrogens is 4. The van der Waals surface area contributed by atoms with Crippen molar-refractivity contribution in [3.8, 4) is 11.3 Å². The summed E-state index contributed by atoms with van der Waals surface area (Å²) in [6.45, 7) is 0.629. The fourth-order valence-electron chi connectivity index (χ4n) is 4.48. The molecule has 2 atom stereocenters. The molecule has 2 N–H and O–H groups in total. The summed E-state index contributed by atoms with van der Waals surface area (Å²) < 4.78 is 3.99. The smallest absolute Gasteiger partial charge is 0.255 e. The van der Waals surface area contributed by atoms with E-state index in [9.17, 15) is 9.90 Å². The van der Waals surface area contributed by atoms with Crippen molar-refractivity contribution in [3.05, 3.63) is 72.4 Å². The highest BCUT2D eigenvalue weighted by Gasteiger charge is 2.26. The van der Waals surface area contributed by atoms with Gasteiger partial charge in [0.15, 0.2) is 0 Å². The number of aryl methyl sites for hydroxylation is 1. The van der Waals surface area contributed by atoms with Gasteiger partial charge >= 0.3 is 0 Å². The summed E-state index contributed by atoms with van der Waals surface area (Å²) in [4.78, 5) is 21.9. The third-order valence-corrected chi connectivity index (χ3v) is 6.23. The third kappa shape index (κ3) is 4.03. The fourth-order valence-corrected chi connectivity index (χ4v) is 4.48. The van der Waals surface area contributed by atoms with Crippen LogP contribution in [0.3, 0.4) is 0 Å². The monoisotopic (exact) mass is 429 g/mol. The van der Waals surface area contributed by atoms with Gasteiger partial charge in [0.1, 0.15) is 5.52 Å². The van der Waals surface area contributed by atoms with Crippen LogP contribution in [-0.4, -0.2) is 42.3 Å². The van der Waals surface area contributed by atoms with Crippen molar-refractivity contribution in [2.24, 2.45) is 7.05 Å². The van der Waals surface area contributed by atoms with Crippen LogP contribution in [0, 0.1) is 0 Å². The van der Waals surface area contributed by atoms with E-state index in [0.717, 1.165) is 48.0 Å². The number of pyridine rings is 1. The molecule has 2 unspecified atom stereocenters. The number of amides is 1. The number of nitrogens with zero attached hydrogens (tertiary/aromatic N) is 4. The van der Waals surface area contributed by atoms with Crippen LogP contribution in [0.4, 0.5) is 0 Å². The van der Waals surface area contributed by atoms with Gasteiger partial charge in [-0.05, 0) is 30.5 Å². The van der Waals surface area contributed by atoms with Gasteiger partial charge in [0.25, 0.3) is 5.91 Å². The summed E-state index contributed by atoms with van der Waals surface area (Å²) >= 11 is 0.